The van der Waals surface area contributed by atoms with Gasteiger partial charge in [-0.05, 0) is 24.0 Å². The standard InChI is InChI=1S/C9H13NO2S2/c1-13-9-5-3-8(4-6-9)7-10-14(2,11)12/h3-6,10H,7H2,1-2H3. The predicted molar refractivity (Wildman–Crippen MR) is 59.9 cm³/mol. The lowest BCUT2D eigenvalue weighted by Gasteiger charge is -2.03. The summed E-state index contributed by atoms with van der Waals surface area (Å²) in [5, 5.41) is 0. The summed E-state index contributed by atoms with van der Waals surface area (Å²) in [5.41, 5.74) is 0.966. The summed E-state index contributed by atoms with van der Waals surface area (Å²) in [4.78, 5) is 1.17. The van der Waals surface area contributed by atoms with E-state index in [2.05, 4.69) is 4.72 Å². The molecule has 0 atom stereocenters. The molecule has 0 unspecified atom stereocenters. The molecular weight excluding hydrogens is 218 g/mol. The number of benzene rings is 1. The van der Waals surface area contributed by atoms with Crippen molar-refractivity contribution in [2.75, 3.05) is 12.5 Å². The topological polar surface area (TPSA) is 46.2 Å². The van der Waals surface area contributed by atoms with Crippen molar-refractivity contribution in [1.29, 1.82) is 0 Å². The van der Waals surface area contributed by atoms with Crippen LogP contribution in [0.4, 0.5) is 0 Å². The van der Waals surface area contributed by atoms with Gasteiger partial charge in [-0.1, -0.05) is 12.1 Å². The third-order valence-corrected chi connectivity index (χ3v) is 3.11. The van der Waals surface area contributed by atoms with Crippen LogP contribution in [0.2, 0.25) is 0 Å². The Morgan fingerprint density at radius 3 is 2.29 bits per heavy atom. The van der Waals surface area contributed by atoms with Crippen LogP contribution < -0.4 is 4.72 Å². The highest BCUT2D eigenvalue weighted by molar-refractivity contribution is 7.98. The fraction of sp³-hybridized carbons (Fsp3) is 0.333. The smallest absolute Gasteiger partial charge is 0.209 e. The summed E-state index contributed by atoms with van der Waals surface area (Å²) >= 11 is 1.66. The lowest BCUT2D eigenvalue weighted by molar-refractivity contribution is 0.587. The van der Waals surface area contributed by atoms with Gasteiger partial charge >= 0.3 is 0 Å². The molecule has 0 spiro atoms. The van der Waals surface area contributed by atoms with Gasteiger partial charge in [-0.15, -0.1) is 11.8 Å². The Bertz CT molecular complexity index is 384. The number of nitrogens with one attached hydrogen (secondary N) is 1. The number of hydrogen-bond donors (Lipinski definition) is 1. The minimum Gasteiger partial charge on any atom is -0.213 e. The second-order valence-corrected chi connectivity index (χ2v) is 5.65. The molecular formula is C9H13NO2S2. The van der Waals surface area contributed by atoms with Crippen molar-refractivity contribution < 1.29 is 8.42 Å². The fourth-order valence-corrected chi connectivity index (χ4v) is 1.79. The summed E-state index contributed by atoms with van der Waals surface area (Å²) in [6.07, 6.45) is 3.16. The lowest BCUT2D eigenvalue weighted by atomic mass is 10.2. The molecule has 14 heavy (non-hydrogen) atoms. The molecule has 0 aliphatic carbocycles. The molecule has 0 aliphatic rings. The van der Waals surface area contributed by atoms with Crippen LogP contribution in [0.1, 0.15) is 5.56 Å². The first-order valence-electron chi connectivity index (χ1n) is 4.09. The SMILES string of the molecule is CSc1ccc(CNS(C)(=O)=O)cc1. The molecule has 78 valence electrons. The molecule has 0 radical (unpaired) electrons. The zero-order chi connectivity index (χ0) is 10.6. The maximum Gasteiger partial charge on any atom is 0.209 e. The van der Waals surface area contributed by atoms with Gasteiger partial charge in [0.15, 0.2) is 0 Å². The van der Waals surface area contributed by atoms with E-state index < -0.39 is 10.0 Å². The highest BCUT2D eigenvalue weighted by Crippen LogP contribution is 2.14. The monoisotopic (exact) mass is 231 g/mol. The molecule has 0 saturated carbocycles. The fourth-order valence-electron chi connectivity index (χ4n) is 0.958. The van der Waals surface area contributed by atoms with E-state index in [4.69, 9.17) is 0 Å². The van der Waals surface area contributed by atoms with Crippen molar-refractivity contribution in [2.24, 2.45) is 0 Å². The van der Waals surface area contributed by atoms with Gasteiger partial charge in [-0.2, -0.15) is 0 Å². The highest BCUT2D eigenvalue weighted by atomic mass is 32.2. The van der Waals surface area contributed by atoms with Crippen molar-refractivity contribution in [3.63, 3.8) is 0 Å². The Morgan fingerprint density at radius 1 is 1.29 bits per heavy atom. The van der Waals surface area contributed by atoms with Crippen molar-refractivity contribution >= 4 is 21.8 Å². The highest BCUT2D eigenvalue weighted by Gasteiger charge is 2.00. The van der Waals surface area contributed by atoms with Gasteiger partial charge in [-0.25, -0.2) is 13.1 Å². The van der Waals surface area contributed by atoms with Crippen LogP contribution >= 0.6 is 11.8 Å². The van der Waals surface area contributed by atoms with Crippen LogP contribution in [0, 0.1) is 0 Å². The second kappa shape index (κ2) is 4.82. The van der Waals surface area contributed by atoms with Gasteiger partial charge in [0.2, 0.25) is 10.0 Å². The Hall–Kier alpha value is -0.520. The van der Waals surface area contributed by atoms with Gasteiger partial charge in [0, 0.05) is 11.4 Å². The Kier molecular flexibility index (Phi) is 3.97. The average Bonchev–Trinajstić information content (AvgIpc) is 2.14. The van der Waals surface area contributed by atoms with E-state index in [9.17, 15) is 8.42 Å². The van der Waals surface area contributed by atoms with E-state index in [0.29, 0.717) is 6.54 Å². The molecule has 0 saturated heterocycles. The zero-order valence-electron chi connectivity index (χ0n) is 8.15. The molecule has 0 aliphatic heterocycles. The summed E-state index contributed by atoms with van der Waals surface area (Å²) < 4.78 is 24.1. The summed E-state index contributed by atoms with van der Waals surface area (Å²) in [6.45, 7) is 0.355. The van der Waals surface area contributed by atoms with Gasteiger partial charge in [0.05, 0.1) is 6.26 Å². The van der Waals surface area contributed by atoms with Crippen LogP contribution in [0.3, 0.4) is 0 Å². The Morgan fingerprint density at radius 2 is 1.86 bits per heavy atom. The first-order chi connectivity index (χ1) is 6.51. The van der Waals surface area contributed by atoms with E-state index in [1.54, 1.807) is 11.8 Å². The summed E-state index contributed by atoms with van der Waals surface area (Å²) in [6, 6.07) is 7.79. The van der Waals surface area contributed by atoms with E-state index >= 15 is 0 Å². The number of rotatable bonds is 4. The first kappa shape index (κ1) is 11.6. The van der Waals surface area contributed by atoms with Crippen molar-refractivity contribution in [3.05, 3.63) is 29.8 Å². The maximum absolute atomic E-state index is 10.8. The zero-order valence-corrected chi connectivity index (χ0v) is 9.78. The van der Waals surface area contributed by atoms with Crippen LogP contribution in [-0.2, 0) is 16.6 Å². The number of sulfonamides is 1. The van der Waals surface area contributed by atoms with Crippen LogP contribution in [0.15, 0.2) is 29.2 Å². The summed E-state index contributed by atoms with van der Waals surface area (Å²) in [7, 11) is -3.09. The minimum absolute atomic E-state index is 0.355. The van der Waals surface area contributed by atoms with Gasteiger partial charge in [-0.3, -0.25) is 0 Å². The van der Waals surface area contributed by atoms with Gasteiger partial charge in [0.1, 0.15) is 0 Å². The van der Waals surface area contributed by atoms with Crippen LogP contribution in [0.5, 0.6) is 0 Å². The third-order valence-electron chi connectivity index (χ3n) is 1.70. The van der Waals surface area contributed by atoms with E-state index in [-0.39, 0.29) is 0 Å². The number of hydrogen-bond acceptors (Lipinski definition) is 3. The second-order valence-electron chi connectivity index (χ2n) is 2.94. The van der Waals surface area contributed by atoms with E-state index in [1.807, 2.05) is 30.5 Å². The quantitative estimate of drug-likeness (QED) is 0.798. The molecule has 1 N–H and O–H groups in total. The van der Waals surface area contributed by atoms with Gasteiger partial charge < -0.3 is 0 Å². The lowest BCUT2D eigenvalue weighted by Crippen LogP contribution is -2.21. The van der Waals surface area contributed by atoms with Gasteiger partial charge in [0.25, 0.3) is 0 Å². The van der Waals surface area contributed by atoms with Crippen LogP contribution in [-0.4, -0.2) is 20.9 Å². The molecule has 0 bridgehead atoms. The first-order valence-corrected chi connectivity index (χ1v) is 7.20. The van der Waals surface area contributed by atoms with Crippen LogP contribution in [0.25, 0.3) is 0 Å². The maximum atomic E-state index is 10.8. The predicted octanol–water partition coefficient (Wildman–Crippen LogP) is 1.46. The number of thioether (sulfide) groups is 1. The molecule has 1 aromatic rings. The average molecular weight is 231 g/mol. The third kappa shape index (κ3) is 4.13. The summed E-state index contributed by atoms with van der Waals surface area (Å²) in [5.74, 6) is 0. The molecule has 0 heterocycles. The Labute approximate surface area is 89.0 Å². The van der Waals surface area contributed by atoms with Crippen molar-refractivity contribution in [2.45, 2.75) is 11.4 Å². The normalized spacial score (nSPS) is 11.6. The minimum atomic E-state index is -3.09. The Balaban J connectivity index is 2.61. The molecule has 0 fully saturated rings. The molecule has 5 heteroatoms. The molecule has 1 aromatic carbocycles. The van der Waals surface area contributed by atoms with Crippen molar-refractivity contribution in [1.82, 2.24) is 4.72 Å². The van der Waals surface area contributed by atoms with Crippen molar-refractivity contribution in [3.8, 4) is 0 Å². The largest absolute Gasteiger partial charge is 0.213 e. The van der Waals surface area contributed by atoms with E-state index in [0.717, 1.165) is 11.8 Å². The molecule has 0 aromatic heterocycles. The molecule has 0 amide bonds. The van der Waals surface area contributed by atoms with E-state index in [1.165, 1.54) is 4.90 Å². The molecule has 1 rings (SSSR count). The molecule has 3 nitrogen and oxygen atoms in total.